The van der Waals surface area contributed by atoms with Gasteiger partial charge < -0.3 is 0 Å². The zero-order valence-electron chi connectivity index (χ0n) is 12.3. The third-order valence-electron chi connectivity index (χ3n) is 3.91. The van der Waals surface area contributed by atoms with Crippen molar-refractivity contribution in [1.82, 2.24) is 25.1 Å². The van der Waals surface area contributed by atoms with E-state index in [1.54, 1.807) is 0 Å². The number of hydrogen-bond donors (Lipinski definition) is 0. The summed E-state index contributed by atoms with van der Waals surface area (Å²) in [6.45, 7) is 6.37. The van der Waals surface area contributed by atoms with Gasteiger partial charge in [0.15, 0.2) is 5.82 Å². The first-order valence-corrected chi connectivity index (χ1v) is 6.52. The second-order valence-electron chi connectivity index (χ2n) is 5.27. The molecule has 2 aromatic rings. The minimum atomic E-state index is -0.186. The van der Waals surface area contributed by atoms with Crippen LogP contribution in [-0.4, -0.2) is 39.2 Å². The third-order valence-corrected chi connectivity index (χ3v) is 3.91. The summed E-state index contributed by atoms with van der Waals surface area (Å²) in [6, 6.07) is 8.22. The van der Waals surface area contributed by atoms with Gasteiger partial charge in [0, 0.05) is 0 Å². The molecule has 1 unspecified atom stereocenters. The highest BCUT2D eigenvalue weighted by molar-refractivity contribution is 5.34. The Bertz CT molecular complexity index is 543. The standard InChI is InChI=1S/C14H21N5/c1-6-14(3,18(4)5)13-15-16-17-19(13)12-9-7-11(2)8-10-12/h7-10H,6H2,1-5H3. The molecule has 1 aromatic heterocycles. The second kappa shape index (κ2) is 5.09. The smallest absolute Gasteiger partial charge is 0.176 e. The van der Waals surface area contributed by atoms with Crippen LogP contribution in [0.4, 0.5) is 0 Å². The normalized spacial score (nSPS) is 14.6. The summed E-state index contributed by atoms with van der Waals surface area (Å²) < 4.78 is 1.82. The number of benzene rings is 1. The van der Waals surface area contributed by atoms with Crippen molar-refractivity contribution < 1.29 is 0 Å². The van der Waals surface area contributed by atoms with Crippen molar-refractivity contribution in [2.24, 2.45) is 0 Å². The number of rotatable bonds is 4. The lowest BCUT2D eigenvalue weighted by molar-refractivity contribution is 0.153. The number of hydrogen-bond acceptors (Lipinski definition) is 4. The molecule has 0 aliphatic heterocycles. The zero-order chi connectivity index (χ0) is 14.0. The lowest BCUT2D eigenvalue weighted by atomic mass is 9.96. The van der Waals surface area contributed by atoms with E-state index in [0.717, 1.165) is 17.9 Å². The molecule has 0 N–H and O–H groups in total. The van der Waals surface area contributed by atoms with Crippen molar-refractivity contribution in [3.8, 4) is 5.69 Å². The van der Waals surface area contributed by atoms with Crippen LogP contribution in [0, 0.1) is 6.92 Å². The molecule has 5 heteroatoms. The highest BCUT2D eigenvalue weighted by Crippen LogP contribution is 2.28. The van der Waals surface area contributed by atoms with Crippen LogP contribution in [0.2, 0.25) is 0 Å². The van der Waals surface area contributed by atoms with Crippen molar-refractivity contribution in [3.63, 3.8) is 0 Å². The van der Waals surface area contributed by atoms with Crippen molar-refractivity contribution in [2.45, 2.75) is 32.7 Å². The van der Waals surface area contributed by atoms with Crippen LogP contribution < -0.4 is 0 Å². The van der Waals surface area contributed by atoms with Gasteiger partial charge in [-0.2, -0.15) is 4.68 Å². The quantitative estimate of drug-likeness (QED) is 0.844. The van der Waals surface area contributed by atoms with E-state index < -0.39 is 0 Å². The van der Waals surface area contributed by atoms with Crippen molar-refractivity contribution in [3.05, 3.63) is 35.7 Å². The van der Waals surface area contributed by atoms with Gasteiger partial charge in [0.2, 0.25) is 0 Å². The van der Waals surface area contributed by atoms with Gasteiger partial charge in [-0.15, -0.1) is 5.10 Å². The predicted octanol–water partition coefficient (Wildman–Crippen LogP) is 2.16. The van der Waals surface area contributed by atoms with Crippen LogP contribution in [0.3, 0.4) is 0 Å². The fraction of sp³-hybridized carbons (Fsp3) is 0.500. The van der Waals surface area contributed by atoms with Crippen molar-refractivity contribution >= 4 is 0 Å². The minimum Gasteiger partial charge on any atom is -0.297 e. The molecule has 0 saturated carbocycles. The summed E-state index contributed by atoms with van der Waals surface area (Å²) in [4.78, 5) is 2.16. The molecule has 0 bridgehead atoms. The molecule has 2 rings (SSSR count). The number of tetrazole rings is 1. The fourth-order valence-corrected chi connectivity index (χ4v) is 2.06. The summed E-state index contributed by atoms with van der Waals surface area (Å²) in [5, 5.41) is 12.2. The first-order valence-electron chi connectivity index (χ1n) is 6.52. The SMILES string of the molecule is CCC(C)(c1nnnn1-c1ccc(C)cc1)N(C)C. The maximum absolute atomic E-state index is 4.24. The number of aromatic nitrogens is 4. The summed E-state index contributed by atoms with van der Waals surface area (Å²) in [6.07, 6.45) is 0.937. The van der Waals surface area contributed by atoms with E-state index in [9.17, 15) is 0 Å². The van der Waals surface area contributed by atoms with Gasteiger partial charge in [0.1, 0.15) is 0 Å². The molecular weight excluding hydrogens is 238 g/mol. The molecule has 1 heterocycles. The van der Waals surface area contributed by atoms with E-state index >= 15 is 0 Å². The molecule has 0 saturated heterocycles. The molecule has 0 fully saturated rings. The average Bonchev–Trinajstić information content (AvgIpc) is 2.88. The Labute approximate surface area is 114 Å². The van der Waals surface area contributed by atoms with Gasteiger partial charge in [-0.05, 0) is 56.9 Å². The van der Waals surface area contributed by atoms with Crippen LogP contribution in [0.25, 0.3) is 5.69 Å². The van der Waals surface area contributed by atoms with Crippen molar-refractivity contribution in [1.29, 1.82) is 0 Å². The van der Waals surface area contributed by atoms with Gasteiger partial charge in [-0.1, -0.05) is 24.6 Å². The summed E-state index contributed by atoms with van der Waals surface area (Å²) >= 11 is 0. The molecule has 102 valence electrons. The Morgan fingerprint density at radius 3 is 2.37 bits per heavy atom. The van der Waals surface area contributed by atoms with Gasteiger partial charge in [0.05, 0.1) is 11.2 Å². The molecule has 19 heavy (non-hydrogen) atoms. The maximum atomic E-state index is 4.24. The van der Waals surface area contributed by atoms with Gasteiger partial charge >= 0.3 is 0 Å². The number of nitrogens with zero attached hydrogens (tertiary/aromatic N) is 5. The first kappa shape index (κ1) is 13.7. The summed E-state index contributed by atoms with van der Waals surface area (Å²) in [5.41, 5.74) is 2.03. The molecule has 1 atom stereocenters. The molecular formula is C14H21N5. The molecule has 0 aliphatic carbocycles. The van der Waals surface area contributed by atoms with Gasteiger partial charge in [-0.3, -0.25) is 4.90 Å². The van der Waals surface area contributed by atoms with Crippen LogP contribution >= 0.6 is 0 Å². The Balaban J connectivity index is 2.50. The second-order valence-corrected chi connectivity index (χ2v) is 5.27. The molecule has 5 nitrogen and oxygen atoms in total. The Kier molecular flexibility index (Phi) is 3.66. The van der Waals surface area contributed by atoms with Crippen LogP contribution in [-0.2, 0) is 5.54 Å². The summed E-state index contributed by atoms with van der Waals surface area (Å²) in [7, 11) is 4.11. The van der Waals surface area contributed by atoms with Crippen LogP contribution in [0.15, 0.2) is 24.3 Å². The average molecular weight is 259 g/mol. The molecule has 0 spiro atoms. The molecule has 0 aliphatic rings. The maximum Gasteiger partial charge on any atom is 0.176 e. The largest absolute Gasteiger partial charge is 0.297 e. The van der Waals surface area contributed by atoms with E-state index in [2.05, 4.69) is 67.4 Å². The first-order chi connectivity index (χ1) is 8.99. The highest BCUT2D eigenvalue weighted by atomic mass is 15.6. The van der Waals surface area contributed by atoms with E-state index in [1.165, 1.54) is 5.56 Å². The van der Waals surface area contributed by atoms with Gasteiger partial charge in [-0.25, -0.2) is 0 Å². The van der Waals surface area contributed by atoms with E-state index in [1.807, 2.05) is 16.8 Å². The minimum absolute atomic E-state index is 0.186. The van der Waals surface area contributed by atoms with Crippen molar-refractivity contribution in [2.75, 3.05) is 14.1 Å². The highest BCUT2D eigenvalue weighted by Gasteiger charge is 2.33. The number of aryl methyl sites for hydroxylation is 1. The molecule has 0 radical (unpaired) electrons. The summed E-state index contributed by atoms with van der Waals surface area (Å²) in [5.74, 6) is 0.865. The third kappa shape index (κ3) is 2.38. The predicted molar refractivity (Wildman–Crippen MR) is 75.2 cm³/mol. The van der Waals surface area contributed by atoms with E-state index in [-0.39, 0.29) is 5.54 Å². The Hall–Kier alpha value is -1.75. The molecule has 0 amide bonds. The zero-order valence-corrected chi connectivity index (χ0v) is 12.3. The fourth-order valence-electron chi connectivity index (χ4n) is 2.06. The van der Waals surface area contributed by atoms with Crippen LogP contribution in [0.5, 0.6) is 0 Å². The Morgan fingerprint density at radius 2 is 1.84 bits per heavy atom. The Morgan fingerprint density at radius 1 is 1.21 bits per heavy atom. The lowest BCUT2D eigenvalue weighted by Crippen LogP contribution is -2.40. The van der Waals surface area contributed by atoms with E-state index in [4.69, 9.17) is 0 Å². The van der Waals surface area contributed by atoms with Gasteiger partial charge in [0.25, 0.3) is 0 Å². The topological polar surface area (TPSA) is 46.8 Å². The molecule has 1 aromatic carbocycles. The lowest BCUT2D eigenvalue weighted by Gasteiger charge is -2.34. The monoisotopic (exact) mass is 259 g/mol. The van der Waals surface area contributed by atoms with Crippen LogP contribution in [0.1, 0.15) is 31.7 Å². The van der Waals surface area contributed by atoms with E-state index in [0.29, 0.717) is 0 Å².